The van der Waals surface area contributed by atoms with Crippen LogP contribution >= 0.6 is 0 Å². The van der Waals surface area contributed by atoms with E-state index in [1.54, 1.807) is 12.1 Å². The number of hydrogen-bond donors (Lipinski definition) is 1. The molecule has 1 aliphatic heterocycles. The molecule has 0 saturated heterocycles. The second-order valence-electron chi connectivity index (χ2n) is 8.82. The van der Waals surface area contributed by atoms with Gasteiger partial charge in [0.2, 0.25) is 0 Å². The summed E-state index contributed by atoms with van der Waals surface area (Å²) in [5.41, 5.74) is 5.53. The minimum absolute atomic E-state index is 0.00482. The molecule has 2 atom stereocenters. The predicted molar refractivity (Wildman–Crippen MR) is 131 cm³/mol. The van der Waals surface area contributed by atoms with Gasteiger partial charge in [0.25, 0.3) is 0 Å². The largest absolute Gasteiger partial charge is 0.466 e. The summed E-state index contributed by atoms with van der Waals surface area (Å²) in [4.78, 5) is 28.6. The molecule has 178 valence electrons. The van der Waals surface area contributed by atoms with Crippen LogP contribution < -0.4 is 10.2 Å². The Hall–Kier alpha value is -3.41. The van der Waals surface area contributed by atoms with Crippen LogP contribution in [0.25, 0.3) is 0 Å². The first-order chi connectivity index (χ1) is 16.4. The fraction of sp³-hybridized carbons (Fsp3) is 0.357. The average molecular weight is 463 g/mol. The van der Waals surface area contributed by atoms with Crippen molar-refractivity contribution in [1.82, 2.24) is 5.32 Å². The van der Waals surface area contributed by atoms with Crippen LogP contribution in [0.5, 0.6) is 0 Å². The van der Waals surface area contributed by atoms with Gasteiger partial charge in [-0.1, -0.05) is 24.3 Å². The van der Waals surface area contributed by atoms with E-state index in [9.17, 15) is 14.0 Å². The minimum atomic E-state index is -0.490. The number of allylic oxidation sites excluding steroid dienone is 3. The summed E-state index contributed by atoms with van der Waals surface area (Å²) in [5.74, 6) is -1.28. The topological polar surface area (TPSA) is 58.6 Å². The van der Waals surface area contributed by atoms with Gasteiger partial charge in [-0.3, -0.25) is 4.79 Å². The van der Waals surface area contributed by atoms with Gasteiger partial charge in [-0.25, -0.2) is 9.18 Å². The number of anilines is 1. The van der Waals surface area contributed by atoms with Gasteiger partial charge in [0.05, 0.1) is 12.7 Å². The fourth-order valence-electron chi connectivity index (χ4n) is 5.19. The van der Waals surface area contributed by atoms with Crippen molar-refractivity contribution in [3.63, 3.8) is 0 Å². The van der Waals surface area contributed by atoms with Gasteiger partial charge in [0, 0.05) is 48.1 Å². The van der Waals surface area contributed by atoms with E-state index in [0.717, 1.165) is 35.6 Å². The highest BCUT2D eigenvalue weighted by molar-refractivity contribution is 6.04. The van der Waals surface area contributed by atoms with Crippen molar-refractivity contribution in [1.29, 1.82) is 0 Å². The Labute approximate surface area is 200 Å². The van der Waals surface area contributed by atoms with E-state index in [4.69, 9.17) is 4.74 Å². The number of nitrogens with one attached hydrogen (secondary N) is 1. The van der Waals surface area contributed by atoms with Crippen LogP contribution in [0, 0.1) is 5.82 Å². The average Bonchev–Trinajstić information content (AvgIpc) is 2.84. The second-order valence-corrected chi connectivity index (χ2v) is 8.82. The van der Waals surface area contributed by atoms with Gasteiger partial charge in [-0.05, 0) is 68.5 Å². The molecule has 1 aliphatic carbocycles. The Morgan fingerprint density at radius 3 is 2.24 bits per heavy atom. The zero-order chi connectivity index (χ0) is 24.4. The highest BCUT2D eigenvalue weighted by Crippen LogP contribution is 2.45. The lowest BCUT2D eigenvalue weighted by atomic mass is 9.71. The number of ketones is 1. The molecule has 0 saturated carbocycles. The third kappa shape index (κ3) is 4.37. The Balaban J connectivity index is 1.76. The number of rotatable bonds is 6. The number of dihydropyridines is 1. The minimum Gasteiger partial charge on any atom is -0.466 e. The standard InChI is InChI=1S/C28H31FN2O3/c1-5-31(6-2)22-13-9-19(10-14-22)26-25(28(33)34-4)17(3)30-23-15-20(16-24(32)27(23)26)18-7-11-21(29)12-8-18/h7-14,20,26,30H,5-6,15-16H2,1-4H3/t20-,26-/m1/s1. The fourth-order valence-corrected chi connectivity index (χ4v) is 5.19. The maximum Gasteiger partial charge on any atom is 0.336 e. The van der Waals surface area contributed by atoms with Gasteiger partial charge >= 0.3 is 5.97 Å². The van der Waals surface area contributed by atoms with E-state index in [2.05, 4.69) is 24.1 Å². The quantitative estimate of drug-likeness (QED) is 0.598. The molecule has 0 unspecified atom stereocenters. The number of nitrogens with zero attached hydrogens (tertiary/aromatic N) is 1. The van der Waals surface area contributed by atoms with Crippen molar-refractivity contribution in [2.45, 2.75) is 45.4 Å². The van der Waals surface area contributed by atoms with Crippen molar-refractivity contribution in [2.75, 3.05) is 25.1 Å². The van der Waals surface area contributed by atoms with Gasteiger partial charge < -0.3 is 15.0 Å². The summed E-state index contributed by atoms with van der Waals surface area (Å²) in [6, 6.07) is 14.4. The number of benzene rings is 2. The Bertz CT molecular complexity index is 1150. The van der Waals surface area contributed by atoms with E-state index >= 15 is 0 Å². The highest BCUT2D eigenvalue weighted by atomic mass is 19.1. The maximum atomic E-state index is 13.5. The van der Waals surface area contributed by atoms with Crippen LogP contribution in [0.4, 0.5) is 10.1 Å². The highest BCUT2D eigenvalue weighted by Gasteiger charge is 2.41. The lowest BCUT2D eigenvalue weighted by Crippen LogP contribution is -2.36. The molecule has 34 heavy (non-hydrogen) atoms. The first-order valence-electron chi connectivity index (χ1n) is 11.8. The molecular formula is C28H31FN2O3. The zero-order valence-electron chi connectivity index (χ0n) is 20.2. The number of hydrogen-bond acceptors (Lipinski definition) is 5. The van der Waals surface area contributed by atoms with Crippen LogP contribution in [0.2, 0.25) is 0 Å². The lowest BCUT2D eigenvalue weighted by Gasteiger charge is -2.36. The molecule has 0 bridgehead atoms. The molecule has 6 heteroatoms. The SMILES string of the molecule is CCN(CC)c1ccc([C@@H]2C(C(=O)OC)=C(C)NC3=C2C(=O)C[C@H](c2ccc(F)cc2)C3)cc1. The van der Waals surface area contributed by atoms with Crippen LogP contribution in [0.15, 0.2) is 71.1 Å². The first-order valence-corrected chi connectivity index (χ1v) is 11.8. The molecule has 0 radical (unpaired) electrons. The van der Waals surface area contributed by atoms with E-state index in [-0.39, 0.29) is 17.5 Å². The molecule has 2 aromatic carbocycles. The van der Waals surface area contributed by atoms with Crippen LogP contribution in [0.3, 0.4) is 0 Å². The number of halogens is 1. The molecule has 2 aromatic rings. The summed E-state index contributed by atoms with van der Waals surface area (Å²) in [6.07, 6.45) is 0.931. The van der Waals surface area contributed by atoms with Gasteiger partial charge in [-0.2, -0.15) is 0 Å². The Morgan fingerprint density at radius 2 is 1.65 bits per heavy atom. The molecule has 1 heterocycles. The van der Waals surface area contributed by atoms with Crippen LogP contribution in [0.1, 0.15) is 56.6 Å². The van der Waals surface area contributed by atoms with Crippen molar-refractivity contribution in [3.05, 3.63) is 88.0 Å². The predicted octanol–water partition coefficient (Wildman–Crippen LogP) is 5.21. The monoisotopic (exact) mass is 462 g/mol. The number of carbonyl (C=O) groups is 2. The molecule has 0 aromatic heterocycles. The van der Waals surface area contributed by atoms with E-state index in [0.29, 0.717) is 29.7 Å². The summed E-state index contributed by atoms with van der Waals surface area (Å²) in [5, 5.41) is 3.33. The number of ether oxygens (including phenoxy) is 1. The summed E-state index contributed by atoms with van der Waals surface area (Å²) in [6.45, 7) is 7.86. The van der Waals surface area contributed by atoms with Gasteiger partial charge in [0.1, 0.15) is 5.82 Å². The molecule has 0 spiro atoms. The van der Waals surface area contributed by atoms with Gasteiger partial charge in [0.15, 0.2) is 5.78 Å². The van der Waals surface area contributed by atoms with Crippen molar-refractivity contribution >= 4 is 17.4 Å². The summed E-state index contributed by atoms with van der Waals surface area (Å²) < 4.78 is 18.5. The molecule has 0 fully saturated rings. The van der Waals surface area contributed by atoms with E-state index in [1.165, 1.54) is 19.2 Å². The van der Waals surface area contributed by atoms with Crippen molar-refractivity contribution in [3.8, 4) is 0 Å². The third-order valence-electron chi connectivity index (χ3n) is 6.93. The number of Topliss-reactive ketones (excluding diaryl/α,β-unsaturated/α-hetero) is 1. The molecule has 0 amide bonds. The zero-order valence-corrected chi connectivity index (χ0v) is 20.2. The molecule has 1 N–H and O–H groups in total. The summed E-state index contributed by atoms with van der Waals surface area (Å²) in [7, 11) is 1.36. The van der Waals surface area contributed by atoms with Crippen LogP contribution in [-0.4, -0.2) is 32.0 Å². The van der Waals surface area contributed by atoms with E-state index < -0.39 is 11.9 Å². The second kappa shape index (κ2) is 9.84. The Morgan fingerprint density at radius 1 is 1.03 bits per heavy atom. The molecule has 2 aliphatic rings. The van der Waals surface area contributed by atoms with Crippen molar-refractivity contribution < 1.29 is 18.7 Å². The van der Waals surface area contributed by atoms with Gasteiger partial charge in [-0.15, -0.1) is 0 Å². The Kier molecular flexibility index (Phi) is 6.87. The van der Waals surface area contributed by atoms with E-state index in [1.807, 2.05) is 31.2 Å². The number of carbonyl (C=O) groups excluding carboxylic acids is 2. The van der Waals surface area contributed by atoms with Crippen molar-refractivity contribution in [2.24, 2.45) is 0 Å². The molecule has 4 rings (SSSR count). The smallest absolute Gasteiger partial charge is 0.336 e. The molecule has 5 nitrogen and oxygen atoms in total. The maximum absolute atomic E-state index is 13.5. The number of methoxy groups -OCH3 is 1. The first kappa shape index (κ1) is 23.7. The van der Waals surface area contributed by atoms with Crippen LogP contribution in [-0.2, 0) is 14.3 Å². The normalized spacial score (nSPS) is 20.1. The lowest BCUT2D eigenvalue weighted by molar-refractivity contribution is -0.136. The molecular weight excluding hydrogens is 431 g/mol. The number of esters is 1. The summed E-state index contributed by atoms with van der Waals surface area (Å²) >= 11 is 0. The third-order valence-corrected chi connectivity index (χ3v) is 6.93.